The van der Waals surface area contributed by atoms with E-state index in [-0.39, 0.29) is 23.8 Å². The second-order valence-electron chi connectivity index (χ2n) is 6.80. The Hall–Kier alpha value is -2.01. The van der Waals surface area contributed by atoms with Crippen LogP contribution in [-0.4, -0.2) is 18.9 Å². The van der Waals surface area contributed by atoms with Gasteiger partial charge in [0.05, 0.1) is 10.5 Å². The number of benzene rings is 2. The molecule has 5 heteroatoms. The van der Waals surface area contributed by atoms with E-state index in [2.05, 4.69) is 0 Å². The van der Waals surface area contributed by atoms with Crippen molar-refractivity contribution in [1.29, 1.82) is 0 Å². The van der Waals surface area contributed by atoms with Gasteiger partial charge in [-0.3, -0.25) is 4.79 Å². The molecule has 0 bridgehead atoms. The number of carbonyl (C=O) groups excluding carboxylic acids is 1. The minimum absolute atomic E-state index is 0.0606. The molecule has 0 amide bonds. The molecule has 0 saturated heterocycles. The zero-order valence-electron chi connectivity index (χ0n) is 14.0. The van der Waals surface area contributed by atoms with Gasteiger partial charge in [-0.15, -0.1) is 0 Å². The van der Waals surface area contributed by atoms with Crippen LogP contribution in [0.1, 0.15) is 42.3 Å². The molecule has 128 valence electrons. The third-order valence-corrected chi connectivity index (χ3v) is 6.40. The van der Waals surface area contributed by atoms with Crippen molar-refractivity contribution in [3.8, 4) is 0 Å². The molecule has 0 spiro atoms. The van der Waals surface area contributed by atoms with Crippen LogP contribution in [0.3, 0.4) is 0 Å². The Labute approximate surface area is 142 Å². The van der Waals surface area contributed by atoms with Crippen molar-refractivity contribution in [2.24, 2.45) is 0 Å². The molecule has 0 saturated carbocycles. The van der Waals surface area contributed by atoms with Crippen LogP contribution in [0.2, 0.25) is 0 Å². The Morgan fingerprint density at radius 1 is 1.00 bits per heavy atom. The second kappa shape index (κ2) is 6.85. The van der Waals surface area contributed by atoms with Gasteiger partial charge in [0.25, 0.3) is 0 Å². The highest BCUT2D eigenvalue weighted by Gasteiger charge is 2.28. The third-order valence-electron chi connectivity index (χ3n) is 3.82. The highest BCUT2D eigenvalue weighted by atomic mass is 32.2. The van der Waals surface area contributed by atoms with E-state index < -0.39 is 14.6 Å². The van der Waals surface area contributed by atoms with Crippen molar-refractivity contribution < 1.29 is 17.6 Å². The predicted molar refractivity (Wildman–Crippen MR) is 93.3 cm³/mol. The number of ketones is 1. The lowest BCUT2D eigenvalue weighted by Gasteiger charge is -2.19. The fourth-order valence-electron chi connectivity index (χ4n) is 2.16. The average Bonchev–Trinajstić information content (AvgIpc) is 2.46. The van der Waals surface area contributed by atoms with Crippen LogP contribution in [0.4, 0.5) is 4.39 Å². The SMILES string of the molecule is CC(C)(C)S(=O)(=O)Cc1ccc(C(=O)Cc2cccc(F)c2)cc1. The molecule has 0 N–H and O–H groups in total. The Morgan fingerprint density at radius 3 is 2.17 bits per heavy atom. The molecule has 2 aromatic rings. The molecular formula is C19H21FO3S. The van der Waals surface area contributed by atoms with E-state index in [1.54, 1.807) is 57.2 Å². The maximum atomic E-state index is 13.2. The fraction of sp³-hybridized carbons (Fsp3) is 0.316. The molecule has 0 unspecified atom stereocenters. The number of sulfone groups is 1. The lowest BCUT2D eigenvalue weighted by molar-refractivity contribution is 0.0993. The molecule has 0 radical (unpaired) electrons. The van der Waals surface area contributed by atoms with Crippen molar-refractivity contribution in [2.45, 2.75) is 37.7 Å². The predicted octanol–water partition coefficient (Wildman–Crippen LogP) is 3.96. The summed E-state index contributed by atoms with van der Waals surface area (Å²) in [5, 5.41) is 0. The van der Waals surface area contributed by atoms with Crippen LogP contribution in [-0.2, 0) is 22.0 Å². The first-order valence-corrected chi connectivity index (χ1v) is 9.32. The van der Waals surface area contributed by atoms with Crippen LogP contribution in [0.25, 0.3) is 0 Å². The Balaban J connectivity index is 2.10. The van der Waals surface area contributed by atoms with Crippen LogP contribution in [0.15, 0.2) is 48.5 Å². The van der Waals surface area contributed by atoms with E-state index in [0.29, 0.717) is 16.7 Å². The van der Waals surface area contributed by atoms with Gasteiger partial charge in [0.2, 0.25) is 0 Å². The zero-order chi connectivity index (χ0) is 18.0. The maximum Gasteiger partial charge on any atom is 0.167 e. The van der Waals surface area contributed by atoms with Crippen molar-refractivity contribution in [1.82, 2.24) is 0 Å². The fourth-order valence-corrected chi connectivity index (χ4v) is 3.22. The van der Waals surface area contributed by atoms with Crippen molar-refractivity contribution in [2.75, 3.05) is 0 Å². The van der Waals surface area contributed by atoms with Crippen LogP contribution in [0.5, 0.6) is 0 Å². The third kappa shape index (κ3) is 4.51. The van der Waals surface area contributed by atoms with E-state index in [0.717, 1.165) is 0 Å². The van der Waals surface area contributed by atoms with Gasteiger partial charge in [0, 0.05) is 12.0 Å². The molecule has 2 aromatic carbocycles. The first-order chi connectivity index (χ1) is 11.1. The Kier molecular flexibility index (Phi) is 5.23. The lowest BCUT2D eigenvalue weighted by Crippen LogP contribution is -2.29. The number of carbonyl (C=O) groups is 1. The minimum Gasteiger partial charge on any atom is -0.294 e. The zero-order valence-corrected chi connectivity index (χ0v) is 14.9. The number of halogens is 1. The first kappa shape index (κ1) is 18.3. The summed E-state index contributed by atoms with van der Waals surface area (Å²) >= 11 is 0. The normalized spacial score (nSPS) is 12.2. The Morgan fingerprint density at radius 2 is 1.62 bits per heavy atom. The van der Waals surface area contributed by atoms with Gasteiger partial charge in [-0.2, -0.15) is 0 Å². The lowest BCUT2D eigenvalue weighted by atomic mass is 10.0. The summed E-state index contributed by atoms with van der Waals surface area (Å²) in [5.74, 6) is -0.566. The molecule has 0 atom stereocenters. The summed E-state index contributed by atoms with van der Waals surface area (Å²) in [6.45, 7) is 5.00. The molecule has 3 nitrogen and oxygen atoms in total. The summed E-state index contributed by atoms with van der Waals surface area (Å²) in [5.41, 5.74) is 1.74. The molecule has 24 heavy (non-hydrogen) atoms. The molecule has 0 fully saturated rings. The highest BCUT2D eigenvalue weighted by Crippen LogP contribution is 2.21. The number of hydrogen-bond donors (Lipinski definition) is 0. The maximum absolute atomic E-state index is 13.2. The monoisotopic (exact) mass is 348 g/mol. The smallest absolute Gasteiger partial charge is 0.167 e. The van der Waals surface area contributed by atoms with E-state index >= 15 is 0 Å². The molecule has 2 rings (SSSR count). The van der Waals surface area contributed by atoms with Crippen LogP contribution < -0.4 is 0 Å². The van der Waals surface area contributed by atoms with Gasteiger partial charge in [0.1, 0.15) is 5.82 Å². The molecule has 0 aliphatic rings. The average molecular weight is 348 g/mol. The van der Waals surface area contributed by atoms with Gasteiger partial charge < -0.3 is 0 Å². The van der Waals surface area contributed by atoms with Gasteiger partial charge in [0.15, 0.2) is 15.6 Å². The standard InChI is InChI=1S/C19H21FO3S/c1-19(2,3)24(22,23)13-14-7-9-16(10-8-14)18(21)12-15-5-4-6-17(20)11-15/h4-11H,12-13H2,1-3H3. The quantitative estimate of drug-likeness (QED) is 0.769. The van der Waals surface area contributed by atoms with Crippen LogP contribution >= 0.6 is 0 Å². The van der Waals surface area contributed by atoms with Gasteiger partial charge in [-0.1, -0.05) is 36.4 Å². The topological polar surface area (TPSA) is 51.2 Å². The summed E-state index contributed by atoms with van der Waals surface area (Å²) in [6.07, 6.45) is 0.109. The molecular weight excluding hydrogens is 327 g/mol. The minimum atomic E-state index is -3.26. The van der Waals surface area contributed by atoms with Gasteiger partial charge >= 0.3 is 0 Å². The Bertz CT molecular complexity index is 832. The van der Waals surface area contributed by atoms with E-state index in [4.69, 9.17) is 0 Å². The van der Waals surface area contributed by atoms with Crippen LogP contribution in [0, 0.1) is 5.82 Å². The second-order valence-corrected chi connectivity index (χ2v) is 9.54. The first-order valence-electron chi connectivity index (χ1n) is 7.67. The summed E-state index contributed by atoms with van der Waals surface area (Å²) in [6, 6.07) is 12.5. The van der Waals surface area contributed by atoms with E-state index in [1.807, 2.05) is 0 Å². The number of Topliss-reactive ketones (excluding diaryl/α,β-unsaturated/α-hetero) is 1. The largest absolute Gasteiger partial charge is 0.294 e. The number of rotatable bonds is 5. The molecule has 0 heterocycles. The van der Waals surface area contributed by atoms with Crippen molar-refractivity contribution in [3.05, 3.63) is 71.0 Å². The van der Waals surface area contributed by atoms with E-state index in [9.17, 15) is 17.6 Å². The summed E-state index contributed by atoms with van der Waals surface area (Å²) in [7, 11) is -3.26. The molecule has 0 aliphatic carbocycles. The van der Waals surface area contributed by atoms with E-state index in [1.165, 1.54) is 12.1 Å². The van der Waals surface area contributed by atoms with Gasteiger partial charge in [-0.25, -0.2) is 12.8 Å². The summed E-state index contributed by atoms with van der Waals surface area (Å²) in [4.78, 5) is 12.2. The highest BCUT2D eigenvalue weighted by molar-refractivity contribution is 7.91. The molecule has 0 aliphatic heterocycles. The summed E-state index contributed by atoms with van der Waals surface area (Å²) < 4.78 is 36.8. The van der Waals surface area contributed by atoms with Crippen molar-refractivity contribution in [3.63, 3.8) is 0 Å². The number of hydrogen-bond acceptors (Lipinski definition) is 3. The van der Waals surface area contributed by atoms with Crippen molar-refractivity contribution >= 4 is 15.6 Å². The molecule has 0 aromatic heterocycles. The van der Waals surface area contributed by atoms with Gasteiger partial charge in [-0.05, 0) is 44.0 Å².